The zero-order valence-electron chi connectivity index (χ0n) is 19.5. The quantitative estimate of drug-likeness (QED) is 0.490. The van der Waals surface area contributed by atoms with Crippen LogP contribution in [0.5, 0.6) is 0 Å². The molecule has 1 aliphatic heterocycles. The van der Waals surface area contributed by atoms with Crippen molar-refractivity contribution >= 4 is 29.3 Å². The van der Waals surface area contributed by atoms with E-state index in [1.807, 2.05) is 0 Å². The van der Waals surface area contributed by atoms with Gasteiger partial charge in [0.2, 0.25) is 11.8 Å². The van der Waals surface area contributed by atoms with Gasteiger partial charge >= 0.3 is 5.97 Å². The number of nitrogens with one attached hydrogen (secondary N) is 1. The van der Waals surface area contributed by atoms with Gasteiger partial charge in [-0.05, 0) is 80.5 Å². The third kappa shape index (κ3) is 4.35. The van der Waals surface area contributed by atoms with Crippen molar-refractivity contribution in [1.82, 2.24) is 4.90 Å². The summed E-state index contributed by atoms with van der Waals surface area (Å²) < 4.78 is 5.32. The molecule has 0 aromatic heterocycles. The highest BCUT2D eigenvalue weighted by atomic mass is 16.5. The van der Waals surface area contributed by atoms with Crippen molar-refractivity contribution < 1.29 is 29.0 Å². The summed E-state index contributed by atoms with van der Waals surface area (Å²) in [4.78, 5) is 51.8. The molecule has 8 nitrogen and oxygen atoms in total. The molecule has 4 aliphatic carbocycles. The van der Waals surface area contributed by atoms with E-state index in [9.17, 15) is 24.3 Å². The first kappa shape index (κ1) is 23.0. The molecule has 1 saturated heterocycles. The van der Waals surface area contributed by atoms with Crippen molar-refractivity contribution in [2.45, 2.75) is 64.0 Å². The zero-order chi connectivity index (χ0) is 24.0. The minimum atomic E-state index is -0.856. The van der Waals surface area contributed by atoms with Gasteiger partial charge in [0, 0.05) is 31.1 Å². The highest BCUT2D eigenvalue weighted by Gasteiger charge is 2.57. The average molecular weight is 469 g/mol. The molecule has 4 bridgehead atoms. The van der Waals surface area contributed by atoms with Crippen LogP contribution in [-0.2, 0) is 19.1 Å². The number of likely N-dealkylation sites (tertiary alicyclic amines) is 1. The lowest BCUT2D eigenvalue weighted by Gasteiger charge is -2.56. The van der Waals surface area contributed by atoms with Crippen LogP contribution in [0.25, 0.3) is 0 Å². The van der Waals surface area contributed by atoms with E-state index in [2.05, 4.69) is 5.32 Å². The molecule has 182 valence electrons. The Kier molecular flexibility index (Phi) is 5.96. The Morgan fingerprint density at radius 2 is 1.59 bits per heavy atom. The molecule has 6 rings (SSSR count). The number of carbonyl (C=O) groups excluding carboxylic acids is 4. The predicted octanol–water partition coefficient (Wildman–Crippen LogP) is 2.55. The molecule has 1 aromatic carbocycles. The molecule has 34 heavy (non-hydrogen) atoms. The Labute approximate surface area is 199 Å². The van der Waals surface area contributed by atoms with Gasteiger partial charge in [-0.15, -0.1) is 0 Å². The molecule has 2 atom stereocenters. The SMILES string of the molecule is CC(=O)Nc1ccc(C(=O)COC(=O)[C@@H]2CC(O)CN2C(=O)C23CC4CC(CC(C4)C2)C3)cc1. The van der Waals surface area contributed by atoms with E-state index in [-0.39, 0.29) is 30.6 Å². The zero-order valence-corrected chi connectivity index (χ0v) is 19.5. The second-order valence-electron chi connectivity index (χ2n) is 10.9. The van der Waals surface area contributed by atoms with E-state index in [1.54, 1.807) is 24.3 Å². The third-order valence-electron chi connectivity index (χ3n) is 8.18. The fraction of sp³-hybridized carbons (Fsp3) is 0.615. The minimum Gasteiger partial charge on any atom is -0.456 e. The summed E-state index contributed by atoms with van der Waals surface area (Å²) in [5.41, 5.74) is 0.526. The number of benzene rings is 1. The summed E-state index contributed by atoms with van der Waals surface area (Å²) in [5, 5.41) is 12.9. The van der Waals surface area contributed by atoms with E-state index in [0.717, 1.165) is 19.3 Å². The number of rotatable bonds is 6. The number of Topliss-reactive ketones (excluding diaryl/α,β-unsaturated/α-hetero) is 1. The second-order valence-corrected chi connectivity index (χ2v) is 10.9. The maximum absolute atomic E-state index is 13.7. The van der Waals surface area contributed by atoms with Gasteiger partial charge in [-0.25, -0.2) is 4.79 Å². The Bertz CT molecular complexity index is 968. The number of carbonyl (C=O) groups is 4. The monoisotopic (exact) mass is 468 g/mol. The van der Waals surface area contributed by atoms with Crippen LogP contribution in [0.3, 0.4) is 0 Å². The lowest BCUT2D eigenvalue weighted by molar-refractivity contribution is -0.165. The molecule has 1 aromatic rings. The van der Waals surface area contributed by atoms with Crippen LogP contribution < -0.4 is 5.32 Å². The Hall–Kier alpha value is -2.74. The van der Waals surface area contributed by atoms with Gasteiger partial charge in [0.15, 0.2) is 12.4 Å². The van der Waals surface area contributed by atoms with Crippen LogP contribution in [0.1, 0.15) is 62.2 Å². The van der Waals surface area contributed by atoms with Crippen molar-refractivity contribution in [2.24, 2.45) is 23.2 Å². The topological polar surface area (TPSA) is 113 Å². The Balaban J connectivity index is 1.22. The van der Waals surface area contributed by atoms with Crippen molar-refractivity contribution in [3.05, 3.63) is 29.8 Å². The molecule has 5 aliphatic rings. The van der Waals surface area contributed by atoms with Gasteiger partial charge < -0.3 is 20.1 Å². The first-order chi connectivity index (χ1) is 16.2. The fourth-order valence-electron chi connectivity index (χ4n) is 7.20. The second kappa shape index (κ2) is 8.80. The molecule has 5 fully saturated rings. The number of aliphatic hydroxyl groups is 1. The van der Waals surface area contributed by atoms with Crippen molar-refractivity contribution in [1.29, 1.82) is 0 Å². The highest BCUT2D eigenvalue weighted by molar-refractivity contribution is 5.99. The van der Waals surface area contributed by atoms with Gasteiger partial charge in [-0.3, -0.25) is 14.4 Å². The van der Waals surface area contributed by atoms with E-state index in [1.165, 1.54) is 31.1 Å². The molecule has 1 heterocycles. The number of anilines is 1. The normalized spacial score (nSPS) is 33.6. The summed E-state index contributed by atoms with van der Waals surface area (Å²) in [6.07, 6.45) is 5.68. The predicted molar refractivity (Wildman–Crippen MR) is 123 cm³/mol. The van der Waals surface area contributed by atoms with Gasteiger partial charge in [0.25, 0.3) is 0 Å². The molecule has 2 N–H and O–H groups in total. The smallest absolute Gasteiger partial charge is 0.329 e. The molecule has 1 unspecified atom stereocenters. The van der Waals surface area contributed by atoms with Crippen LogP contribution >= 0.6 is 0 Å². The van der Waals surface area contributed by atoms with Crippen LogP contribution in [-0.4, -0.2) is 58.9 Å². The van der Waals surface area contributed by atoms with Crippen molar-refractivity contribution in [3.8, 4) is 0 Å². The Morgan fingerprint density at radius 3 is 2.15 bits per heavy atom. The van der Waals surface area contributed by atoms with Gasteiger partial charge in [-0.2, -0.15) is 0 Å². The highest BCUT2D eigenvalue weighted by Crippen LogP contribution is 2.60. The lowest BCUT2D eigenvalue weighted by Crippen LogP contribution is -2.56. The van der Waals surface area contributed by atoms with E-state index in [4.69, 9.17) is 4.74 Å². The van der Waals surface area contributed by atoms with Crippen molar-refractivity contribution in [3.63, 3.8) is 0 Å². The van der Waals surface area contributed by atoms with Gasteiger partial charge in [-0.1, -0.05) is 0 Å². The van der Waals surface area contributed by atoms with Crippen LogP contribution in [0, 0.1) is 23.2 Å². The number of nitrogens with zero attached hydrogens (tertiary/aromatic N) is 1. The van der Waals surface area contributed by atoms with E-state index < -0.39 is 30.1 Å². The maximum Gasteiger partial charge on any atom is 0.329 e. The minimum absolute atomic E-state index is 0.00927. The molecule has 0 spiro atoms. The summed E-state index contributed by atoms with van der Waals surface area (Å²) in [6, 6.07) is 5.48. The third-order valence-corrected chi connectivity index (χ3v) is 8.18. The number of β-amino-alcohol motifs (C(OH)–C–C–N with tert-alkyl or cyclic N) is 1. The summed E-state index contributed by atoms with van der Waals surface area (Å²) in [5.74, 6) is 0.566. The molecular weight excluding hydrogens is 436 g/mol. The maximum atomic E-state index is 13.7. The number of hydrogen-bond donors (Lipinski definition) is 2. The number of esters is 1. The lowest BCUT2D eigenvalue weighted by atomic mass is 9.49. The van der Waals surface area contributed by atoms with Gasteiger partial charge in [0.05, 0.1) is 11.5 Å². The molecule has 0 radical (unpaired) electrons. The van der Waals surface area contributed by atoms with E-state index >= 15 is 0 Å². The number of ether oxygens (including phenoxy) is 1. The molecule has 4 saturated carbocycles. The summed E-state index contributed by atoms with van der Waals surface area (Å²) in [6.45, 7) is 1.10. The molecular formula is C26H32N2O6. The Morgan fingerprint density at radius 1 is 1.00 bits per heavy atom. The number of aliphatic hydroxyl groups excluding tert-OH is 1. The summed E-state index contributed by atoms with van der Waals surface area (Å²) in [7, 11) is 0. The largest absolute Gasteiger partial charge is 0.456 e. The average Bonchev–Trinajstić information content (AvgIpc) is 3.17. The standard InChI is InChI=1S/C26H32N2O6/c1-15(29)27-20-4-2-19(3-5-20)23(31)14-34-24(32)22-9-21(30)13-28(22)25(33)26-10-16-6-17(11-26)8-18(7-16)12-26/h2-5,16-18,21-22,30H,6-14H2,1H3,(H,27,29)/t16?,17?,18?,21?,22-,26?/m0/s1. The fourth-order valence-corrected chi connectivity index (χ4v) is 7.20. The van der Waals surface area contributed by atoms with Crippen LogP contribution in [0.15, 0.2) is 24.3 Å². The number of hydrogen-bond acceptors (Lipinski definition) is 6. The first-order valence-electron chi connectivity index (χ1n) is 12.3. The number of ketones is 1. The summed E-state index contributed by atoms with van der Waals surface area (Å²) >= 11 is 0. The van der Waals surface area contributed by atoms with Gasteiger partial charge in [0.1, 0.15) is 6.04 Å². The van der Waals surface area contributed by atoms with Crippen LogP contribution in [0.4, 0.5) is 5.69 Å². The van der Waals surface area contributed by atoms with Crippen LogP contribution in [0.2, 0.25) is 0 Å². The first-order valence-corrected chi connectivity index (χ1v) is 12.3. The van der Waals surface area contributed by atoms with E-state index in [0.29, 0.717) is 29.0 Å². The number of amides is 2. The van der Waals surface area contributed by atoms with Crippen molar-refractivity contribution in [2.75, 3.05) is 18.5 Å². The molecule has 8 heteroatoms. The molecule has 2 amide bonds.